The molecule has 0 radical (unpaired) electrons. The molecule has 7 heteroatoms. The number of carbonyl (C=O) groups is 2. The maximum Gasteiger partial charge on any atom is 0.287 e. The maximum absolute atomic E-state index is 11.9. The van der Waals surface area contributed by atoms with Crippen LogP contribution in [0.1, 0.15) is 16.1 Å². The van der Waals surface area contributed by atoms with Crippen molar-refractivity contribution in [1.29, 1.82) is 0 Å². The van der Waals surface area contributed by atoms with Gasteiger partial charge >= 0.3 is 0 Å². The zero-order valence-corrected chi connectivity index (χ0v) is 11.7. The molecular formula is C15H15N3O4. The van der Waals surface area contributed by atoms with Crippen molar-refractivity contribution in [3.8, 4) is 0 Å². The molecule has 0 atom stereocenters. The van der Waals surface area contributed by atoms with Crippen LogP contribution < -0.4 is 10.6 Å². The van der Waals surface area contributed by atoms with Crippen molar-refractivity contribution in [1.82, 2.24) is 10.6 Å². The third-order valence-corrected chi connectivity index (χ3v) is 2.80. The van der Waals surface area contributed by atoms with Gasteiger partial charge in [-0.25, -0.2) is 0 Å². The molecule has 0 unspecified atom stereocenters. The van der Waals surface area contributed by atoms with Crippen molar-refractivity contribution in [2.45, 2.75) is 0 Å². The van der Waals surface area contributed by atoms with Crippen LogP contribution in [0.25, 0.3) is 0 Å². The van der Waals surface area contributed by atoms with Gasteiger partial charge in [-0.05, 0) is 12.1 Å². The summed E-state index contributed by atoms with van der Waals surface area (Å²) < 4.78 is 4.94. The van der Waals surface area contributed by atoms with Crippen molar-refractivity contribution in [3.63, 3.8) is 0 Å². The highest BCUT2D eigenvalue weighted by Gasteiger charge is 2.14. The number of amides is 2. The first-order valence-corrected chi connectivity index (χ1v) is 6.59. The van der Waals surface area contributed by atoms with Crippen molar-refractivity contribution >= 4 is 17.5 Å². The van der Waals surface area contributed by atoms with Gasteiger partial charge in [-0.2, -0.15) is 0 Å². The molecule has 1 heterocycles. The van der Waals surface area contributed by atoms with Gasteiger partial charge in [-0.1, -0.05) is 35.5 Å². The molecule has 0 bridgehead atoms. The fraction of sp³-hybridized carbons (Fsp3) is 0.133. The average Bonchev–Trinajstić information content (AvgIpc) is 3.07. The van der Waals surface area contributed by atoms with Crippen LogP contribution in [0.2, 0.25) is 0 Å². The summed E-state index contributed by atoms with van der Waals surface area (Å²) in [5.74, 6) is -0.687. The molecule has 22 heavy (non-hydrogen) atoms. The van der Waals surface area contributed by atoms with Crippen LogP contribution in [-0.2, 0) is 4.79 Å². The summed E-state index contributed by atoms with van der Waals surface area (Å²) in [6.07, 6.45) is 1.40. The second-order valence-corrected chi connectivity index (χ2v) is 4.30. The van der Waals surface area contributed by atoms with Gasteiger partial charge in [0.15, 0.2) is 11.5 Å². The Morgan fingerprint density at radius 1 is 1.05 bits per heavy atom. The van der Waals surface area contributed by atoms with Crippen molar-refractivity contribution in [2.24, 2.45) is 5.16 Å². The van der Waals surface area contributed by atoms with E-state index in [-0.39, 0.29) is 30.5 Å². The van der Waals surface area contributed by atoms with Crippen molar-refractivity contribution in [3.05, 3.63) is 60.1 Å². The van der Waals surface area contributed by atoms with Crippen LogP contribution in [0.3, 0.4) is 0 Å². The molecule has 7 nitrogen and oxygen atoms in total. The van der Waals surface area contributed by atoms with Gasteiger partial charge in [0.2, 0.25) is 0 Å². The van der Waals surface area contributed by atoms with Crippen LogP contribution in [-0.4, -0.2) is 35.8 Å². The Bertz CT molecular complexity index is 651. The largest absolute Gasteiger partial charge is 0.459 e. The molecule has 0 saturated carbocycles. The van der Waals surface area contributed by atoms with Gasteiger partial charge in [0.1, 0.15) is 0 Å². The molecular weight excluding hydrogens is 286 g/mol. The van der Waals surface area contributed by atoms with Crippen LogP contribution in [0.15, 0.2) is 58.3 Å². The smallest absolute Gasteiger partial charge is 0.287 e. The number of nitrogens with one attached hydrogen (secondary N) is 2. The molecule has 2 amide bonds. The summed E-state index contributed by atoms with van der Waals surface area (Å²) in [6, 6.07) is 11.7. The Balaban J connectivity index is 1.79. The zero-order valence-electron chi connectivity index (χ0n) is 11.7. The molecule has 0 aliphatic carbocycles. The summed E-state index contributed by atoms with van der Waals surface area (Å²) in [6.45, 7) is 0.413. The van der Waals surface area contributed by atoms with E-state index in [4.69, 9.17) is 9.62 Å². The number of benzene rings is 1. The van der Waals surface area contributed by atoms with Gasteiger partial charge in [0.05, 0.1) is 6.26 Å². The lowest BCUT2D eigenvalue weighted by Crippen LogP contribution is -2.38. The normalized spacial score (nSPS) is 11.0. The number of nitrogens with zero attached hydrogens (tertiary/aromatic N) is 1. The van der Waals surface area contributed by atoms with Gasteiger partial charge in [-0.15, -0.1) is 0 Å². The van der Waals surface area contributed by atoms with Crippen LogP contribution in [0.5, 0.6) is 0 Å². The Morgan fingerprint density at radius 3 is 2.41 bits per heavy atom. The molecule has 1 aromatic heterocycles. The summed E-state index contributed by atoms with van der Waals surface area (Å²) in [5.41, 5.74) is 0.417. The highest BCUT2D eigenvalue weighted by molar-refractivity contribution is 6.45. The predicted octanol–water partition coefficient (Wildman–Crippen LogP) is 1.00. The Hall–Kier alpha value is -3.09. The SMILES string of the molecule is O=C(NCCNC(=O)c1ccco1)/C(=N\O)c1ccccc1. The van der Waals surface area contributed by atoms with E-state index in [2.05, 4.69) is 15.8 Å². The van der Waals surface area contributed by atoms with Crippen LogP contribution >= 0.6 is 0 Å². The van der Waals surface area contributed by atoms with Gasteiger partial charge in [-0.3, -0.25) is 9.59 Å². The van der Waals surface area contributed by atoms with E-state index in [1.54, 1.807) is 42.5 Å². The first-order valence-electron chi connectivity index (χ1n) is 6.59. The summed E-state index contributed by atoms with van der Waals surface area (Å²) in [7, 11) is 0. The number of rotatable bonds is 6. The van der Waals surface area contributed by atoms with E-state index >= 15 is 0 Å². The number of furan rings is 1. The molecule has 0 saturated heterocycles. The Labute approximate surface area is 126 Å². The minimum Gasteiger partial charge on any atom is -0.459 e. The molecule has 2 aromatic rings. The molecule has 1 aromatic carbocycles. The lowest BCUT2D eigenvalue weighted by Gasteiger charge is -2.07. The van der Waals surface area contributed by atoms with E-state index in [1.807, 2.05) is 0 Å². The molecule has 114 valence electrons. The molecule has 2 rings (SSSR count). The van der Waals surface area contributed by atoms with Crippen LogP contribution in [0, 0.1) is 0 Å². The molecule has 0 fully saturated rings. The summed E-state index contributed by atoms with van der Waals surface area (Å²) >= 11 is 0. The van der Waals surface area contributed by atoms with Gasteiger partial charge in [0, 0.05) is 18.7 Å². The molecule has 0 aliphatic rings. The summed E-state index contributed by atoms with van der Waals surface area (Å²) in [5, 5.41) is 17.1. The standard InChI is InChI=1S/C15H15N3O4/c19-14(12-7-4-10-22-12)16-8-9-17-15(20)13(18-21)11-5-2-1-3-6-11/h1-7,10,21H,8-9H2,(H,16,19)(H,17,20)/b18-13-. The average molecular weight is 301 g/mol. The topological polar surface area (TPSA) is 104 Å². The number of hydrogen-bond acceptors (Lipinski definition) is 5. The highest BCUT2D eigenvalue weighted by Crippen LogP contribution is 2.01. The second kappa shape index (κ2) is 7.63. The van der Waals surface area contributed by atoms with E-state index in [1.165, 1.54) is 6.26 Å². The third kappa shape index (κ3) is 3.95. The van der Waals surface area contributed by atoms with Gasteiger partial charge in [0.25, 0.3) is 11.8 Å². The first kappa shape index (κ1) is 15.3. The fourth-order valence-electron chi connectivity index (χ4n) is 1.76. The quantitative estimate of drug-likeness (QED) is 0.320. The second-order valence-electron chi connectivity index (χ2n) is 4.30. The molecule has 0 spiro atoms. The Morgan fingerprint density at radius 2 is 1.77 bits per heavy atom. The predicted molar refractivity (Wildman–Crippen MR) is 78.8 cm³/mol. The Kier molecular flexibility index (Phi) is 5.31. The van der Waals surface area contributed by atoms with Crippen LogP contribution in [0.4, 0.5) is 0 Å². The number of carbonyl (C=O) groups excluding carboxylic acids is 2. The molecule has 0 aliphatic heterocycles. The van der Waals surface area contributed by atoms with E-state index in [0.717, 1.165) is 0 Å². The molecule has 3 N–H and O–H groups in total. The minimum absolute atomic E-state index is 0.0852. The van der Waals surface area contributed by atoms with E-state index in [0.29, 0.717) is 5.56 Å². The fourth-order valence-corrected chi connectivity index (χ4v) is 1.76. The van der Waals surface area contributed by atoms with E-state index < -0.39 is 5.91 Å². The minimum atomic E-state index is -0.527. The maximum atomic E-state index is 11.9. The monoisotopic (exact) mass is 301 g/mol. The lowest BCUT2D eigenvalue weighted by atomic mass is 10.1. The third-order valence-electron chi connectivity index (χ3n) is 2.80. The van der Waals surface area contributed by atoms with Crippen molar-refractivity contribution < 1.29 is 19.2 Å². The zero-order chi connectivity index (χ0) is 15.8. The highest BCUT2D eigenvalue weighted by atomic mass is 16.4. The first-order chi connectivity index (χ1) is 10.7. The number of hydrogen-bond donors (Lipinski definition) is 3. The number of oxime groups is 1. The van der Waals surface area contributed by atoms with Crippen molar-refractivity contribution in [2.75, 3.05) is 13.1 Å². The van der Waals surface area contributed by atoms with Gasteiger partial charge < -0.3 is 20.3 Å². The lowest BCUT2D eigenvalue weighted by molar-refractivity contribution is -0.114. The van der Waals surface area contributed by atoms with E-state index in [9.17, 15) is 9.59 Å². The summed E-state index contributed by atoms with van der Waals surface area (Å²) in [4.78, 5) is 23.5.